The van der Waals surface area contributed by atoms with Crippen LogP contribution in [0.4, 0.5) is 13.2 Å². The van der Waals surface area contributed by atoms with E-state index in [1.54, 1.807) is 5.32 Å². The van der Waals surface area contributed by atoms with Gasteiger partial charge in [-0.1, -0.05) is 24.0 Å². The molecular formula is C23H23F3N4O6. The number of aliphatic hydroxyl groups is 1. The van der Waals surface area contributed by atoms with Crippen LogP contribution in [0.1, 0.15) is 40.6 Å². The molecule has 4 N–H and O–H groups in total. The fourth-order valence-electron chi connectivity index (χ4n) is 3.40. The van der Waals surface area contributed by atoms with Crippen LogP contribution in [0.2, 0.25) is 0 Å². The fraction of sp³-hybridized carbons (Fsp3) is 0.391. The van der Waals surface area contributed by atoms with E-state index in [0.717, 1.165) is 0 Å². The highest BCUT2D eigenvalue weighted by atomic mass is 19.4. The smallest absolute Gasteiger partial charge is 0.394 e. The lowest BCUT2D eigenvalue weighted by molar-refractivity contribution is -0.173. The summed E-state index contributed by atoms with van der Waals surface area (Å²) in [7, 11) is 0. The minimum Gasteiger partial charge on any atom is -0.394 e. The van der Waals surface area contributed by atoms with E-state index in [0.29, 0.717) is 18.4 Å². The third kappa shape index (κ3) is 7.06. The standard InChI is InChI=1S/C23H23F3N4O6/c24-23(25,26)21(34)28-11-14-4-6-15(7-5-14)19(32)27-10-2-1-3-16-12-30(22(35)29-20(16)33)18-9-8-17(13-31)36-18/h4-7,12,17-18,31H,3,8-11,13H2,(H,27,32)(H,28,34)(H,29,33,35)/t17-,18+/m0/s1. The molecule has 192 valence electrons. The topological polar surface area (TPSA) is 143 Å². The second-order valence-corrected chi connectivity index (χ2v) is 7.88. The number of H-pyrrole nitrogens is 1. The van der Waals surface area contributed by atoms with Crippen LogP contribution >= 0.6 is 0 Å². The molecule has 0 unspecified atom stereocenters. The summed E-state index contributed by atoms with van der Waals surface area (Å²) in [6, 6.07) is 5.62. The molecule has 2 atom stereocenters. The van der Waals surface area contributed by atoms with E-state index in [4.69, 9.17) is 4.74 Å². The van der Waals surface area contributed by atoms with E-state index in [2.05, 4.69) is 22.1 Å². The van der Waals surface area contributed by atoms with Crippen molar-refractivity contribution in [2.75, 3.05) is 13.2 Å². The Kier molecular flexibility index (Phi) is 8.68. The molecule has 1 aromatic carbocycles. The fourth-order valence-corrected chi connectivity index (χ4v) is 3.40. The average Bonchev–Trinajstić information content (AvgIpc) is 3.32. The summed E-state index contributed by atoms with van der Waals surface area (Å²) in [5.41, 5.74) is -0.355. The summed E-state index contributed by atoms with van der Waals surface area (Å²) in [6.07, 6.45) is -3.45. The van der Waals surface area contributed by atoms with Crippen molar-refractivity contribution in [3.8, 4) is 11.8 Å². The van der Waals surface area contributed by atoms with E-state index in [9.17, 15) is 37.5 Å². The van der Waals surface area contributed by atoms with Crippen molar-refractivity contribution < 1.29 is 32.6 Å². The Labute approximate surface area is 202 Å². The number of rotatable bonds is 7. The summed E-state index contributed by atoms with van der Waals surface area (Å²) in [5, 5.41) is 13.5. The van der Waals surface area contributed by atoms with Gasteiger partial charge >= 0.3 is 17.8 Å². The zero-order chi connectivity index (χ0) is 26.3. The first-order valence-corrected chi connectivity index (χ1v) is 10.9. The van der Waals surface area contributed by atoms with Crippen molar-refractivity contribution in [3.05, 3.63) is 68.0 Å². The molecule has 10 nitrogen and oxygen atoms in total. The van der Waals surface area contributed by atoms with Crippen LogP contribution in [-0.2, 0) is 22.5 Å². The number of aliphatic hydroxyl groups excluding tert-OH is 1. The molecule has 0 bridgehead atoms. The number of nitrogens with one attached hydrogen (secondary N) is 3. The normalized spacial score (nSPS) is 17.2. The maximum atomic E-state index is 12.2. The number of benzene rings is 1. The minimum atomic E-state index is -4.97. The van der Waals surface area contributed by atoms with Crippen LogP contribution in [0.3, 0.4) is 0 Å². The molecule has 1 aliphatic rings. The molecule has 1 aromatic heterocycles. The number of alkyl halides is 3. The van der Waals surface area contributed by atoms with Gasteiger partial charge in [-0.15, -0.1) is 0 Å². The summed E-state index contributed by atoms with van der Waals surface area (Å²) in [6.45, 7) is -0.542. The molecule has 0 radical (unpaired) electrons. The number of carbonyl (C=O) groups is 2. The summed E-state index contributed by atoms with van der Waals surface area (Å²) in [4.78, 5) is 49.4. The SMILES string of the molecule is O=C(NCC#CCc1cn([C@H]2CC[C@@H](CO)O2)c(=O)[nH]c1=O)c1ccc(CNC(=O)C(F)(F)F)cc1. The predicted molar refractivity (Wildman–Crippen MR) is 120 cm³/mol. The van der Waals surface area contributed by atoms with Crippen LogP contribution in [-0.4, -0.2) is 51.9 Å². The monoisotopic (exact) mass is 508 g/mol. The van der Waals surface area contributed by atoms with Crippen molar-refractivity contribution in [1.29, 1.82) is 0 Å². The molecule has 3 rings (SSSR count). The Morgan fingerprint density at radius 3 is 2.50 bits per heavy atom. The van der Waals surface area contributed by atoms with Gasteiger partial charge in [0.15, 0.2) is 0 Å². The molecule has 13 heteroatoms. The first kappa shape index (κ1) is 26.7. The predicted octanol–water partition coefficient (Wildman–Crippen LogP) is 0.361. The number of aromatic amines is 1. The number of hydrogen-bond acceptors (Lipinski definition) is 6. The second kappa shape index (κ2) is 11.7. The lowest BCUT2D eigenvalue weighted by atomic mass is 10.1. The van der Waals surface area contributed by atoms with Crippen molar-refractivity contribution in [3.63, 3.8) is 0 Å². The molecule has 2 amide bonds. The van der Waals surface area contributed by atoms with E-state index in [1.807, 2.05) is 0 Å². The van der Waals surface area contributed by atoms with Gasteiger partial charge in [0.05, 0.1) is 19.3 Å². The molecule has 1 aliphatic heterocycles. The number of amides is 2. The van der Waals surface area contributed by atoms with Crippen LogP contribution in [0.25, 0.3) is 0 Å². The average molecular weight is 508 g/mol. The lowest BCUT2D eigenvalue weighted by Gasteiger charge is -2.15. The molecule has 2 aromatic rings. The van der Waals surface area contributed by atoms with Gasteiger partial charge in [-0.25, -0.2) is 4.79 Å². The molecule has 1 saturated heterocycles. The number of hydrogen-bond donors (Lipinski definition) is 4. The Bertz CT molecular complexity index is 1270. The van der Waals surface area contributed by atoms with Crippen LogP contribution in [0.5, 0.6) is 0 Å². The summed E-state index contributed by atoms with van der Waals surface area (Å²) in [5.74, 6) is 2.92. The Morgan fingerprint density at radius 2 is 1.86 bits per heavy atom. The Morgan fingerprint density at radius 1 is 1.14 bits per heavy atom. The van der Waals surface area contributed by atoms with Crippen molar-refractivity contribution in [1.82, 2.24) is 20.2 Å². The highest BCUT2D eigenvalue weighted by molar-refractivity contribution is 5.94. The number of aromatic nitrogens is 2. The van der Waals surface area contributed by atoms with Crippen LogP contribution in [0, 0.1) is 11.8 Å². The molecule has 0 spiro atoms. The van der Waals surface area contributed by atoms with E-state index in [-0.39, 0.29) is 43.3 Å². The third-order valence-corrected chi connectivity index (χ3v) is 5.31. The lowest BCUT2D eigenvalue weighted by Crippen LogP contribution is -2.36. The van der Waals surface area contributed by atoms with Gasteiger partial charge in [-0.3, -0.25) is 23.9 Å². The first-order chi connectivity index (χ1) is 17.1. The molecule has 0 saturated carbocycles. The highest BCUT2D eigenvalue weighted by Gasteiger charge is 2.38. The molecule has 1 fully saturated rings. The van der Waals surface area contributed by atoms with Crippen molar-refractivity contribution in [2.45, 2.75) is 44.3 Å². The quantitative estimate of drug-likeness (QED) is 0.398. The maximum absolute atomic E-state index is 12.2. The van der Waals surface area contributed by atoms with Crippen LogP contribution in [0.15, 0.2) is 40.1 Å². The van der Waals surface area contributed by atoms with E-state index in [1.165, 1.54) is 35.0 Å². The Hall–Kier alpha value is -3.89. The van der Waals surface area contributed by atoms with E-state index < -0.39 is 35.5 Å². The minimum absolute atomic E-state index is 0.0139. The van der Waals surface area contributed by atoms with Gasteiger partial charge in [0.25, 0.3) is 11.5 Å². The molecule has 0 aliphatic carbocycles. The largest absolute Gasteiger partial charge is 0.471 e. The zero-order valence-electron chi connectivity index (χ0n) is 18.9. The Balaban J connectivity index is 1.51. The molecule has 36 heavy (non-hydrogen) atoms. The number of nitrogens with zero attached hydrogens (tertiary/aromatic N) is 1. The number of ether oxygens (including phenoxy) is 1. The molecule has 2 heterocycles. The summed E-state index contributed by atoms with van der Waals surface area (Å²) >= 11 is 0. The van der Waals surface area contributed by atoms with Gasteiger partial charge in [0, 0.05) is 30.3 Å². The first-order valence-electron chi connectivity index (χ1n) is 10.9. The van der Waals surface area contributed by atoms with Gasteiger partial charge in [0.1, 0.15) is 6.23 Å². The summed E-state index contributed by atoms with van der Waals surface area (Å²) < 4.78 is 43.5. The van der Waals surface area contributed by atoms with Gasteiger partial charge in [-0.05, 0) is 30.5 Å². The third-order valence-electron chi connectivity index (χ3n) is 5.31. The highest BCUT2D eigenvalue weighted by Crippen LogP contribution is 2.26. The maximum Gasteiger partial charge on any atom is 0.471 e. The van der Waals surface area contributed by atoms with Gasteiger partial charge in [0.2, 0.25) is 0 Å². The van der Waals surface area contributed by atoms with Crippen molar-refractivity contribution in [2.24, 2.45) is 0 Å². The van der Waals surface area contributed by atoms with Gasteiger partial charge in [-0.2, -0.15) is 13.2 Å². The number of carbonyl (C=O) groups excluding carboxylic acids is 2. The number of halogens is 3. The van der Waals surface area contributed by atoms with Gasteiger partial charge < -0.3 is 20.5 Å². The van der Waals surface area contributed by atoms with E-state index >= 15 is 0 Å². The zero-order valence-corrected chi connectivity index (χ0v) is 18.9. The molecular weight excluding hydrogens is 485 g/mol. The van der Waals surface area contributed by atoms with Crippen molar-refractivity contribution >= 4 is 11.8 Å². The second-order valence-electron chi connectivity index (χ2n) is 7.88. The van der Waals surface area contributed by atoms with Crippen LogP contribution < -0.4 is 21.9 Å².